The molecule has 0 radical (unpaired) electrons. The minimum absolute atomic E-state index is 0.523. The Morgan fingerprint density at radius 2 is 2.00 bits per heavy atom. The zero-order valence-corrected chi connectivity index (χ0v) is 10.6. The Morgan fingerprint density at radius 1 is 1.28 bits per heavy atom. The van der Waals surface area contributed by atoms with Gasteiger partial charge in [0.2, 0.25) is 0 Å². The van der Waals surface area contributed by atoms with Crippen LogP contribution in [0.25, 0.3) is 11.0 Å². The molecule has 3 heteroatoms. The van der Waals surface area contributed by atoms with Crippen molar-refractivity contribution in [2.75, 3.05) is 7.05 Å². The molecule has 2 N–H and O–H groups in total. The third-order valence-electron chi connectivity index (χ3n) is 4.11. The van der Waals surface area contributed by atoms with Crippen LogP contribution in [0.2, 0.25) is 0 Å². The average Bonchev–Trinajstić information content (AvgIpc) is 2.84. The summed E-state index contributed by atoms with van der Waals surface area (Å²) in [5.41, 5.74) is 0.0727. The van der Waals surface area contributed by atoms with Crippen LogP contribution < -0.4 is 5.32 Å². The first-order valence-electron chi connectivity index (χ1n) is 6.60. The second-order valence-electron chi connectivity index (χ2n) is 5.24. The molecule has 3 rings (SSSR count). The maximum atomic E-state index is 10.7. The molecule has 96 valence electrons. The molecular formula is C15H19NO2. The standard InChI is InChI=1S/C15H19NO2/c1-16-12-6-8-15(17,9-7-12)14-10-11-4-2-3-5-13(11)18-14/h2-5,10,12,16-17H,6-9H2,1H3. The zero-order chi connectivity index (χ0) is 12.6. The normalized spacial score (nSPS) is 28.7. The minimum Gasteiger partial charge on any atom is -0.458 e. The molecule has 3 nitrogen and oxygen atoms in total. The first-order chi connectivity index (χ1) is 8.71. The highest BCUT2D eigenvalue weighted by atomic mass is 16.4. The van der Waals surface area contributed by atoms with Crippen molar-refractivity contribution in [3.63, 3.8) is 0 Å². The van der Waals surface area contributed by atoms with Gasteiger partial charge in [0, 0.05) is 11.4 Å². The van der Waals surface area contributed by atoms with Gasteiger partial charge in [0.05, 0.1) is 0 Å². The second-order valence-corrected chi connectivity index (χ2v) is 5.24. The second kappa shape index (κ2) is 4.41. The molecule has 0 aliphatic heterocycles. The van der Waals surface area contributed by atoms with Crippen LogP contribution in [0.15, 0.2) is 34.7 Å². The molecule has 1 saturated carbocycles. The first-order valence-corrected chi connectivity index (χ1v) is 6.60. The lowest BCUT2D eigenvalue weighted by Crippen LogP contribution is -2.38. The molecule has 0 saturated heterocycles. The first kappa shape index (κ1) is 11.8. The molecule has 0 amide bonds. The van der Waals surface area contributed by atoms with Gasteiger partial charge in [-0.05, 0) is 44.9 Å². The Bertz CT molecular complexity index is 505. The van der Waals surface area contributed by atoms with E-state index in [-0.39, 0.29) is 0 Å². The van der Waals surface area contributed by atoms with E-state index >= 15 is 0 Å². The van der Waals surface area contributed by atoms with Gasteiger partial charge in [-0.15, -0.1) is 0 Å². The Balaban J connectivity index is 1.89. The van der Waals surface area contributed by atoms with Crippen molar-refractivity contribution in [2.24, 2.45) is 0 Å². The third-order valence-corrected chi connectivity index (χ3v) is 4.11. The Morgan fingerprint density at radius 3 is 2.67 bits per heavy atom. The number of nitrogens with one attached hydrogen (secondary N) is 1. The van der Waals surface area contributed by atoms with Crippen molar-refractivity contribution in [1.29, 1.82) is 0 Å². The van der Waals surface area contributed by atoms with E-state index in [0.29, 0.717) is 6.04 Å². The van der Waals surface area contributed by atoms with Crippen LogP contribution >= 0.6 is 0 Å². The monoisotopic (exact) mass is 245 g/mol. The Labute approximate surface area is 107 Å². The lowest BCUT2D eigenvalue weighted by molar-refractivity contribution is -0.0249. The predicted molar refractivity (Wildman–Crippen MR) is 71.4 cm³/mol. The molecule has 0 spiro atoms. The molecule has 2 aromatic rings. The average molecular weight is 245 g/mol. The molecule has 1 fully saturated rings. The van der Waals surface area contributed by atoms with Crippen LogP contribution in [-0.4, -0.2) is 18.2 Å². The third kappa shape index (κ3) is 1.93. The van der Waals surface area contributed by atoms with Gasteiger partial charge in [-0.25, -0.2) is 0 Å². The maximum Gasteiger partial charge on any atom is 0.136 e. The van der Waals surface area contributed by atoms with Crippen LogP contribution in [-0.2, 0) is 5.60 Å². The highest BCUT2D eigenvalue weighted by molar-refractivity contribution is 5.77. The molecule has 1 aliphatic rings. The van der Waals surface area contributed by atoms with E-state index in [9.17, 15) is 5.11 Å². The van der Waals surface area contributed by atoms with Crippen LogP contribution in [0, 0.1) is 0 Å². The fourth-order valence-corrected chi connectivity index (χ4v) is 2.84. The smallest absolute Gasteiger partial charge is 0.136 e. The summed E-state index contributed by atoms with van der Waals surface area (Å²) in [5, 5.41) is 15.1. The minimum atomic E-state index is -0.785. The number of benzene rings is 1. The summed E-state index contributed by atoms with van der Waals surface area (Å²) in [6.07, 6.45) is 3.50. The quantitative estimate of drug-likeness (QED) is 0.855. The fourth-order valence-electron chi connectivity index (χ4n) is 2.84. The van der Waals surface area contributed by atoms with E-state index in [2.05, 4.69) is 5.32 Å². The van der Waals surface area contributed by atoms with Gasteiger partial charge in [-0.3, -0.25) is 0 Å². The maximum absolute atomic E-state index is 10.7. The lowest BCUT2D eigenvalue weighted by Gasteiger charge is -2.34. The molecular weight excluding hydrogens is 226 g/mol. The van der Waals surface area contributed by atoms with Gasteiger partial charge in [0.15, 0.2) is 0 Å². The summed E-state index contributed by atoms with van der Waals surface area (Å²) in [6, 6.07) is 10.4. The number of furan rings is 1. The summed E-state index contributed by atoms with van der Waals surface area (Å²) < 4.78 is 5.81. The van der Waals surface area contributed by atoms with Crippen molar-refractivity contribution < 1.29 is 9.52 Å². The summed E-state index contributed by atoms with van der Waals surface area (Å²) in [5.74, 6) is 0.721. The van der Waals surface area contributed by atoms with Gasteiger partial charge in [0.25, 0.3) is 0 Å². The zero-order valence-electron chi connectivity index (χ0n) is 10.6. The molecule has 0 unspecified atom stereocenters. The topological polar surface area (TPSA) is 45.4 Å². The van der Waals surface area contributed by atoms with Crippen LogP contribution in [0.3, 0.4) is 0 Å². The SMILES string of the molecule is CNC1CCC(O)(c2cc3ccccc3o2)CC1. The van der Waals surface area contributed by atoms with Crippen molar-refractivity contribution in [2.45, 2.75) is 37.3 Å². The van der Waals surface area contributed by atoms with Gasteiger partial charge in [-0.1, -0.05) is 18.2 Å². The largest absolute Gasteiger partial charge is 0.458 e. The van der Waals surface area contributed by atoms with E-state index in [0.717, 1.165) is 42.4 Å². The van der Waals surface area contributed by atoms with Crippen LogP contribution in [0.1, 0.15) is 31.4 Å². The molecule has 18 heavy (non-hydrogen) atoms. The van der Waals surface area contributed by atoms with Crippen molar-refractivity contribution in [1.82, 2.24) is 5.32 Å². The van der Waals surface area contributed by atoms with E-state index in [4.69, 9.17) is 4.42 Å². The van der Waals surface area contributed by atoms with Gasteiger partial charge in [0.1, 0.15) is 16.9 Å². The molecule has 1 aromatic heterocycles. The highest BCUT2D eigenvalue weighted by Gasteiger charge is 2.37. The van der Waals surface area contributed by atoms with Crippen LogP contribution in [0.5, 0.6) is 0 Å². The van der Waals surface area contributed by atoms with E-state index in [1.807, 2.05) is 37.4 Å². The van der Waals surface area contributed by atoms with Gasteiger partial charge in [-0.2, -0.15) is 0 Å². The number of fused-ring (bicyclic) bond motifs is 1. The lowest BCUT2D eigenvalue weighted by atomic mass is 9.80. The van der Waals surface area contributed by atoms with E-state index < -0.39 is 5.60 Å². The number of aliphatic hydroxyl groups is 1. The Hall–Kier alpha value is -1.32. The summed E-state index contributed by atoms with van der Waals surface area (Å²) in [6.45, 7) is 0. The number of hydrogen-bond donors (Lipinski definition) is 2. The number of para-hydroxylation sites is 1. The number of rotatable bonds is 2. The molecule has 0 bridgehead atoms. The van der Waals surface area contributed by atoms with Crippen molar-refractivity contribution >= 4 is 11.0 Å². The van der Waals surface area contributed by atoms with E-state index in [1.165, 1.54) is 0 Å². The predicted octanol–water partition coefficient (Wildman–Crippen LogP) is 2.78. The Kier molecular flexibility index (Phi) is 2.88. The van der Waals surface area contributed by atoms with Crippen molar-refractivity contribution in [3.8, 4) is 0 Å². The highest BCUT2D eigenvalue weighted by Crippen LogP contribution is 2.39. The summed E-state index contributed by atoms with van der Waals surface area (Å²) in [4.78, 5) is 0. The van der Waals surface area contributed by atoms with E-state index in [1.54, 1.807) is 0 Å². The number of hydrogen-bond acceptors (Lipinski definition) is 3. The van der Waals surface area contributed by atoms with Crippen LogP contribution in [0.4, 0.5) is 0 Å². The molecule has 1 heterocycles. The summed E-state index contributed by atoms with van der Waals surface area (Å²) >= 11 is 0. The fraction of sp³-hybridized carbons (Fsp3) is 0.467. The van der Waals surface area contributed by atoms with Gasteiger partial charge >= 0.3 is 0 Å². The molecule has 1 aliphatic carbocycles. The van der Waals surface area contributed by atoms with Gasteiger partial charge < -0.3 is 14.8 Å². The molecule has 1 aromatic carbocycles. The van der Waals surface area contributed by atoms with Crippen molar-refractivity contribution in [3.05, 3.63) is 36.1 Å². The molecule has 0 atom stereocenters. The summed E-state index contributed by atoms with van der Waals surface area (Å²) in [7, 11) is 1.98.